The van der Waals surface area contributed by atoms with E-state index in [9.17, 15) is 19.7 Å². The van der Waals surface area contributed by atoms with Crippen LogP contribution in [-0.4, -0.2) is 23.0 Å². The van der Waals surface area contributed by atoms with Crippen molar-refractivity contribution >= 4 is 11.7 Å². The fraction of sp³-hybridized carbons (Fsp3) is 0.176. The Bertz CT molecular complexity index is 1010. The zero-order valence-electron chi connectivity index (χ0n) is 13.9. The molecule has 0 radical (unpaired) electrons. The second-order valence-electron chi connectivity index (χ2n) is 5.72. The molecule has 0 bridgehead atoms. The van der Waals surface area contributed by atoms with Gasteiger partial charge in [-0.3, -0.25) is 14.9 Å². The number of carbonyl (C=O) groups is 1. The van der Waals surface area contributed by atoms with Crippen molar-refractivity contribution in [1.29, 1.82) is 0 Å². The molecule has 9 heteroatoms. The fourth-order valence-electron chi connectivity index (χ4n) is 2.97. The Hall–Kier alpha value is -3.62. The highest BCUT2D eigenvalue weighted by molar-refractivity contribution is 5.92. The summed E-state index contributed by atoms with van der Waals surface area (Å²) < 4.78 is 10.2. The number of nitrogens with one attached hydrogen (secondary N) is 1. The number of nitro groups is 1. The highest BCUT2D eigenvalue weighted by Gasteiger charge is 2.38. The number of hydrogen-bond acceptors (Lipinski definition) is 7. The van der Waals surface area contributed by atoms with Gasteiger partial charge in [0, 0.05) is 23.9 Å². The SMILES string of the molecule is COC(=O)C1=C(N)Oc2cc(C)[nH]c(=O)c2C1c1cccc([N+](=O)[O-])c1. The van der Waals surface area contributed by atoms with Gasteiger partial charge in [0.2, 0.25) is 5.88 Å². The Morgan fingerprint density at radius 1 is 1.38 bits per heavy atom. The lowest BCUT2D eigenvalue weighted by Gasteiger charge is -2.27. The van der Waals surface area contributed by atoms with Crippen molar-refractivity contribution in [3.8, 4) is 5.75 Å². The van der Waals surface area contributed by atoms with Crippen LogP contribution in [0.3, 0.4) is 0 Å². The molecule has 1 aromatic heterocycles. The molecule has 0 amide bonds. The molecule has 0 saturated carbocycles. The third-order valence-corrected chi connectivity index (χ3v) is 4.05. The Morgan fingerprint density at radius 2 is 2.12 bits per heavy atom. The standard InChI is InChI=1S/C17H15N3O6/c1-8-6-11-13(16(21)19-8)12(14(15(18)26-11)17(22)25-2)9-4-3-5-10(7-9)20(23)24/h3-7,12H,18H2,1-2H3,(H,19,21). The summed E-state index contributed by atoms with van der Waals surface area (Å²) in [6, 6.07) is 7.21. The number of esters is 1. The molecule has 2 aromatic rings. The highest BCUT2D eigenvalue weighted by atomic mass is 16.6. The monoisotopic (exact) mass is 357 g/mol. The van der Waals surface area contributed by atoms with Crippen molar-refractivity contribution in [2.24, 2.45) is 5.73 Å². The Morgan fingerprint density at radius 3 is 2.77 bits per heavy atom. The number of non-ortho nitro benzene ring substituents is 1. The maximum Gasteiger partial charge on any atom is 0.340 e. The van der Waals surface area contributed by atoms with Crippen molar-refractivity contribution in [3.05, 3.63) is 79.1 Å². The summed E-state index contributed by atoms with van der Waals surface area (Å²) in [4.78, 5) is 38.0. The number of carbonyl (C=O) groups excluding carboxylic acids is 1. The molecule has 0 fully saturated rings. The van der Waals surface area contributed by atoms with Gasteiger partial charge in [-0.05, 0) is 12.5 Å². The van der Waals surface area contributed by atoms with Crippen molar-refractivity contribution < 1.29 is 19.2 Å². The predicted molar refractivity (Wildman–Crippen MR) is 90.6 cm³/mol. The van der Waals surface area contributed by atoms with Gasteiger partial charge in [0.15, 0.2) is 0 Å². The number of rotatable bonds is 3. The minimum absolute atomic E-state index is 0.0881. The molecule has 134 valence electrons. The highest BCUT2D eigenvalue weighted by Crippen LogP contribution is 2.41. The lowest BCUT2D eigenvalue weighted by atomic mass is 9.83. The number of benzene rings is 1. The minimum atomic E-state index is -0.963. The number of nitrogens with two attached hydrogens (primary N) is 1. The maximum atomic E-state index is 12.6. The molecule has 1 aliphatic rings. The van der Waals surface area contributed by atoms with Crippen LogP contribution in [0.4, 0.5) is 5.69 Å². The molecule has 26 heavy (non-hydrogen) atoms. The lowest BCUT2D eigenvalue weighted by Crippen LogP contribution is -2.31. The van der Waals surface area contributed by atoms with Crippen LogP contribution in [0.15, 0.2) is 46.6 Å². The predicted octanol–water partition coefficient (Wildman–Crippen LogP) is 1.46. The zero-order valence-corrected chi connectivity index (χ0v) is 13.9. The van der Waals surface area contributed by atoms with E-state index >= 15 is 0 Å². The van der Waals surface area contributed by atoms with Crippen LogP contribution < -0.4 is 16.0 Å². The molecule has 0 aliphatic carbocycles. The molecule has 0 spiro atoms. The van der Waals surface area contributed by atoms with Gasteiger partial charge in [-0.2, -0.15) is 0 Å². The minimum Gasteiger partial charge on any atom is -0.465 e. The molecule has 1 unspecified atom stereocenters. The number of ether oxygens (including phenoxy) is 2. The summed E-state index contributed by atoms with van der Waals surface area (Å²) in [5.74, 6) is -1.78. The molecule has 1 aliphatic heterocycles. The molecule has 1 aromatic carbocycles. The fourth-order valence-corrected chi connectivity index (χ4v) is 2.97. The molecule has 3 N–H and O–H groups in total. The number of H-pyrrole nitrogens is 1. The molecule has 3 rings (SSSR count). The van der Waals surface area contributed by atoms with Crippen LogP contribution in [0.5, 0.6) is 5.75 Å². The summed E-state index contributed by atoms with van der Waals surface area (Å²) in [7, 11) is 1.17. The van der Waals surface area contributed by atoms with Gasteiger partial charge in [-0.1, -0.05) is 12.1 Å². The second-order valence-corrected chi connectivity index (χ2v) is 5.72. The van der Waals surface area contributed by atoms with Crippen molar-refractivity contribution in [3.63, 3.8) is 0 Å². The zero-order chi connectivity index (χ0) is 19.0. The molecule has 1 atom stereocenters. The number of methoxy groups -OCH3 is 1. The van der Waals surface area contributed by atoms with Crippen LogP contribution in [0.2, 0.25) is 0 Å². The number of pyridine rings is 1. The first-order valence-electron chi connectivity index (χ1n) is 7.57. The second kappa shape index (κ2) is 6.36. The van der Waals surface area contributed by atoms with E-state index in [-0.39, 0.29) is 28.5 Å². The number of aryl methyl sites for hydroxylation is 1. The van der Waals surface area contributed by atoms with Gasteiger partial charge in [0.05, 0.1) is 23.5 Å². The Balaban J connectivity index is 2.32. The number of nitrogens with zero attached hydrogens (tertiary/aromatic N) is 1. The smallest absolute Gasteiger partial charge is 0.340 e. The van der Waals surface area contributed by atoms with Crippen molar-refractivity contribution in [2.45, 2.75) is 12.8 Å². The molecule has 2 heterocycles. The summed E-state index contributed by atoms with van der Waals surface area (Å²) in [6.07, 6.45) is 0. The third-order valence-electron chi connectivity index (χ3n) is 4.05. The quantitative estimate of drug-likeness (QED) is 0.482. The van der Waals surface area contributed by atoms with Crippen molar-refractivity contribution in [1.82, 2.24) is 4.98 Å². The summed E-state index contributed by atoms with van der Waals surface area (Å²) in [5.41, 5.74) is 6.18. The van der Waals surface area contributed by atoms with Gasteiger partial charge >= 0.3 is 5.97 Å². The molecule has 9 nitrogen and oxygen atoms in total. The summed E-state index contributed by atoms with van der Waals surface area (Å²) in [5, 5.41) is 11.1. The number of nitro benzene ring substituents is 1. The topological polar surface area (TPSA) is 138 Å². The van der Waals surface area contributed by atoms with Gasteiger partial charge < -0.3 is 20.2 Å². The van der Waals surface area contributed by atoms with E-state index in [1.165, 1.54) is 25.3 Å². The van der Waals surface area contributed by atoms with E-state index in [0.717, 1.165) is 0 Å². The van der Waals surface area contributed by atoms with E-state index in [1.807, 2.05) is 0 Å². The number of hydrogen-bond donors (Lipinski definition) is 2. The van der Waals surface area contributed by atoms with Gasteiger partial charge in [-0.15, -0.1) is 0 Å². The number of aromatic nitrogens is 1. The van der Waals surface area contributed by atoms with E-state index in [1.54, 1.807) is 19.1 Å². The largest absolute Gasteiger partial charge is 0.465 e. The van der Waals surface area contributed by atoms with Gasteiger partial charge in [-0.25, -0.2) is 4.79 Å². The normalized spacial score (nSPS) is 15.8. The first-order chi connectivity index (χ1) is 12.3. The average Bonchev–Trinajstić information content (AvgIpc) is 2.59. The van der Waals surface area contributed by atoms with Crippen LogP contribution in [-0.2, 0) is 9.53 Å². The van der Waals surface area contributed by atoms with E-state index in [4.69, 9.17) is 15.2 Å². The molecular formula is C17H15N3O6. The Kier molecular flexibility index (Phi) is 4.21. The van der Waals surface area contributed by atoms with E-state index < -0.39 is 22.4 Å². The van der Waals surface area contributed by atoms with Crippen LogP contribution in [0.25, 0.3) is 0 Å². The third kappa shape index (κ3) is 2.79. The lowest BCUT2D eigenvalue weighted by molar-refractivity contribution is -0.384. The number of aromatic amines is 1. The Labute approximate surface area is 147 Å². The van der Waals surface area contributed by atoms with E-state index in [2.05, 4.69) is 4.98 Å². The first kappa shape index (κ1) is 17.2. The molecule has 0 saturated heterocycles. The van der Waals surface area contributed by atoms with Crippen LogP contribution >= 0.6 is 0 Å². The average molecular weight is 357 g/mol. The molecular weight excluding hydrogens is 342 g/mol. The summed E-state index contributed by atoms with van der Waals surface area (Å²) >= 11 is 0. The first-order valence-corrected chi connectivity index (χ1v) is 7.57. The van der Waals surface area contributed by atoms with Crippen LogP contribution in [0.1, 0.15) is 22.7 Å². The van der Waals surface area contributed by atoms with Gasteiger partial charge in [0.25, 0.3) is 11.2 Å². The van der Waals surface area contributed by atoms with Gasteiger partial charge in [0.1, 0.15) is 11.3 Å². The van der Waals surface area contributed by atoms with Crippen LogP contribution in [0, 0.1) is 17.0 Å². The van der Waals surface area contributed by atoms with E-state index in [0.29, 0.717) is 11.3 Å². The number of fused-ring (bicyclic) bond motifs is 1. The summed E-state index contributed by atoms with van der Waals surface area (Å²) in [6.45, 7) is 1.67. The van der Waals surface area contributed by atoms with Crippen molar-refractivity contribution in [2.75, 3.05) is 7.11 Å². The maximum absolute atomic E-state index is 12.6.